The van der Waals surface area contributed by atoms with Gasteiger partial charge in [-0.1, -0.05) is 45.8 Å². The van der Waals surface area contributed by atoms with E-state index in [1.54, 1.807) is 11.1 Å². The molecule has 2 aliphatic carbocycles. The maximum absolute atomic E-state index is 6.88. The van der Waals surface area contributed by atoms with Crippen LogP contribution in [-0.4, -0.2) is 14.4 Å². The van der Waals surface area contributed by atoms with Gasteiger partial charge in [-0.25, -0.2) is 0 Å². The molecule has 2 rings (SSSR count). The van der Waals surface area contributed by atoms with E-state index in [1.807, 2.05) is 0 Å². The Balaban J connectivity index is 2.23. The first kappa shape index (κ1) is 17.3. The molecule has 0 saturated heterocycles. The number of hydrogen-bond donors (Lipinski definition) is 0. The van der Waals surface area contributed by atoms with E-state index >= 15 is 0 Å². The van der Waals surface area contributed by atoms with Gasteiger partial charge in [-0.2, -0.15) is 0 Å². The highest BCUT2D eigenvalue weighted by Crippen LogP contribution is 2.57. The molecule has 0 bridgehead atoms. The molecular formula is C19H36OSi. The van der Waals surface area contributed by atoms with Gasteiger partial charge in [0, 0.05) is 0 Å². The molecule has 21 heavy (non-hydrogen) atoms. The van der Waals surface area contributed by atoms with Crippen LogP contribution in [0.5, 0.6) is 0 Å². The average molecular weight is 309 g/mol. The predicted octanol–water partition coefficient (Wildman–Crippen LogP) is 6.31. The summed E-state index contributed by atoms with van der Waals surface area (Å²) in [6.07, 6.45) is 6.94. The molecular weight excluding hydrogens is 272 g/mol. The molecule has 2 aliphatic rings. The van der Waals surface area contributed by atoms with Crippen LogP contribution in [0.1, 0.15) is 73.6 Å². The van der Waals surface area contributed by atoms with E-state index in [1.165, 1.54) is 32.1 Å². The van der Waals surface area contributed by atoms with Crippen molar-refractivity contribution in [1.29, 1.82) is 0 Å². The third kappa shape index (κ3) is 2.90. The fourth-order valence-corrected chi connectivity index (χ4v) is 5.75. The van der Waals surface area contributed by atoms with Crippen molar-refractivity contribution >= 4 is 8.32 Å². The molecule has 0 heterocycles. The highest BCUT2D eigenvalue weighted by Gasteiger charge is 2.52. The van der Waals surface area contributed by atoms with Gasteiger partial charge in [-0.15, -0.1) is 0 Å². The molecule has 0 N–H and O–H groups in total. The summed E-state index contributed by atoms with van der Waals surface area (Å²) in [4.78, 5) is 0. The van der Waals surface area contributed by atoms with E-state index in [-0.39, 0.29) is 0 Å². The first-order valence-corrected chi connectivity index (χ1v) is 11.8. The quantitative estimate of drug-likeness (QED) is 0.438. The van der Waals surface area contributed by atoms with Gasteiger partial charge in [0.2, 0.25) is 0 Å². The second-order valence-electron chi connectivity index (χ2n) is 9.16. The predicted molar refractivity (Wildman–Crippen MR) is 95.1 cm³/mol. The fraction of sp³-hybridized carbons (Fsp3) is 0.895. The summed E-state index contributed by atoms with van der Waals surface area (Å²) in [7, 11) is -1.66. The lowest BCUT2D eigenvalue weighted by Gasteiger charge is -2.47. The SMILES string of the molecule is CCC1=C(C)CC[C@]2(C)[C@@H](O[Si](C)(C)C(C)(C)C)CC[C@@H]12. The van der Waals surface area contributed by atoms with Gasteiger partial charge in [0.25, 0.3) is 0 Å². The molecule has 3 atom stereocenters. The third-order valence-corrected chi connectivity index (χ3v) is 11.4. The van der Waals surface area contributed by atoms with Crippen LogP contribution in [-0.2, 0) is 4.43 Å². The van der Waals surface area contributed by atoms with Crippen LogP contribution in [0, 0.1) is 11.3 Å². The van der Waals surface area contributed by atoms with Crippen molar-refractivity contribution < 1.29 is 4.43 Å². The van der Waals surface area contributed by atoms with Gasteiger partial charge in [0.05, 0.1) is 6.10 Å². The second-order valence-corrected chi connectivity index (χ2v) is 13.9. The smallest absolute Gasteiger partial charge is 0.192 e. The number of rotatable bonds is 3. The first-order valence-electron chi connectivity index (χ1n) is 8.89. The summed E-state index contributed by atoms with van der Waals surface area (Å²) in [6.45, 7) is 19.1. The van der Waals surface area contributed by atoms with Crippen LogP contribution < -0.4 is 0 Å². The molecule has 1 saturated carbocycles. The number of allylic oxidation sites excluding steroid dienone is 2. The zero-order valence-electron chi connectivity index (χ0n) is 15.6. The topological polar surface area (TPSA) is 9.23 Å². The minimum atomic E-state index is -1.66. The van der Waals surface area contributed by atoms with Gasteiger partial charge < -0.3 is 4.43 Å². The molecule has 0 amide bonds. The van der Waals surface area contributed by atoms with E-state index in [4.69, 9.17) is 4.43 Å². The van der Waals surface area contributed by atoms with Gasteiger partial charge >= 0.3 is 0 Å². The van der Waals surface area contributed by atoms with Crippen molar-refractivity contribution in [3.63, 3.8) is 0 Å². The monoisotopic (exact) mass is 308 g/mol. The molecule has 0 aromatic carbocycles. The van der Waals surface area contributed by atoms with Crippen LogP contribution in [0.2, 0.25) is 18.1 Å². The summed E-state index contributed by atoms with van der Waals surface area (Å²) in [6, 6.07) is 0. The number of hydrogen-bond acceptors (Lipinski definition) is 1. The van der Waals surface area contributed by atoms with Crippen LogP contribution in [0.25, 0.3) is 0 Å². The van der Waals surface area contributed by atoms with Crippen molar-refractivity contribution in [3.05, 3.63) is 11.1 Å². The zero-order chi connectivity index (χ0) is 16.1. The van der Waals surface area contributed by atoms with Gasteiger partial charge in [0.15, 0.2) is 8.32 Å². The number of fused-ring (bicyclic) bond motifs is 1. The molecule has 1 nitrogen and oxygen atoms in total. The minimum Gasteiger partial charge on any atom is -0.413 e. The fourth-order valence-electron chi connectivity index (χ4n) is 4.30. The maximum atomic E-state index is 6.88. The molecule has 0 aromatic rings. The lowest BCUT2D eigenvalue weighted by molar-refractivity contribution is 0.0443. The normalized spacial score (nSPS) is 34.3. The van der Waals surface area contributed by atoms with E-state index in [0.29, 0.717) is 16.6 Å². The summed E-state index contributed by atoms with van der Waals surface area (Å²) in [5.74, 6) is 0.783. The summed E-state index contributed by atoms with van der Waals surface area (Å²) < 4.78 is 6.88. The van der Waals surface area contributed by atoms with E-state index in [9.17, 15) is 0 Å². The third-order valence-electron chi connectivity index (χ3n) is 6.88. The van der Waals surface area contributed by atoms with Crippen LogP contribution in [0.4, 0.5) is 0 Å². The highest BCUT2D eigenvalue weighted by molar-refractivity contribution is 6.74. The largest absolute Gasteiger partial charge is 0.413 e. The lowest BCUT2D eigenvalue weighted by Crippen LogP contribution is -2.48. The van der Waals surface area contributed by atoms with E-state index in [2.05, 4.69) is 54.6 Å². The maximum Gasteiger partial charge on any atom is 0.192 e. The zero-order valence-corrected chi connectivity index (χ0v) is 16.6. The van der Waals surface area contributed by atoms with Crippen LogP contribution in [0.15, 0.2) is 11.1 Å². The molecule has 0 aliphatic heterocycles. The molecule has 0 unspecified atom stereocenters. The average Bonchev–Trinajstić information content (AvgIpc) is 2.66. The van der Waals surface area contributed by atoms with Crippen LogP contribution in [0.3, 0.4) is 0 Å². The van der Waals surface area contributed by atoms with Crippen molar-refractivity contribution in [3.8, 4) is 0 Å². The van der Waals surface area contributed by atoms with Crippen molar-refractivity contribution in [2.45, 2.75) is 97.9 Å². The first-order chi connectivity index (χ1) is 9.53. The second kappa shape index (κ2) is 5.52. The Hall–Kier alpha value is -0.0831. The van der Waals surface area contributed by atoms with Crippen molar-refractivity contribution in [2.24, 2.45) is 11.3 Å². The minimum absolute atomic E-state index is 0.315. The standard InChI is InChI=1S/C19H36OSi/c1-9-15-14(2)12-13-19(6)16(15)10-11-17(19)20-21(7,8)18(3,4)5/h16-17H,9-13H2,1-8H3/t16-,17-,19-/m0/s1. The van der Waals surface area contributed by atoms with Crippen molar-refractivity contribution in [1.82, 2.24) is 0 Å². The Bertz CT molecular complexity index is 429. The van der Waals surface area contributed by atoms with E-state index < -0.39 is 8.32 Å². The Labute approximate surface area is 133 Å². The van der Waals surface area contributed by atoms with E-state index in [0.717, 1.165) is 5.92 Å². The summed E-state index contributed by atoms with van der Waals surface area (Å²) in [5.41, 5.74) is 3.82. The van der Waals surface area contributed by atoms with Crippen molar-refractivity contribution in [2.75, 3.05) is 0 Å². The Morgan fingerprint density at radius 1 is 1.24 bits per heavy atom. The highest BCUT2D eigenvalue weighted by atomic mass is 28.4. The molecule has 0 spiro atoms. The Morgan fingerprint density at radius 3 is 2.38 bits per heavy atom. The van der Waals surface area contributed by atoms with Gasteiger partial charge in [-0.3, -0.25) is 0 Å². The summed E-state index contributed by atoms with van der Waals surface area (Å²) >= 11 is 0. The molecule has 0 aromatic heterocycles. The van der Waals surface area contributed by atoms with Gasteiger partial charge in [-0.05, 0) is 68.5 Å². The molecule has 2 heteroatoms. The molecule has 122 valence electrons. The Morgan fingerprint density at radius 2 is 1.86 bits per heavy atom. The summed E-state index contributed by atoms with van der Waals surface area (Å²) in [5, 5.41) is 0.315. The molecule has 0 radical (unpaired) electrons. The van der Waals surface area contributed by atoms with Crippen LogP contribution >= 0.6 is 0 Å². The Kier molecular flexibility index (Phi) is 4.54. The lowest BCUT2D eigenvalue weighted by atomic mass is 9.65. The molecule has 1 fully saturated rings. The van der Waals surface area contributed by atoms with Gasteiger partial charge in [0.1, 0.15) is 0 Å².